The first-order valence-electron chi connectivity index (χ1n) is 9.40. The van der Waals surface area contributed by atoms with Crippen molar-refractivity contribution in [1.29, 1.82) is 0 Å². The molecule has 4 fully saturated rings. The molecule has 132 valence electrons. The maximum Gasteiger partial charge on any atom is 0.0800 e. The number of fused-ring (bicyclic) bond motifs is 1. The van der Waals surface area contributed by atoms with Crippen LogP contribution in [0.5, 0.6) is 0 Å². The van der Waals surface area contributed by atoms with Gasteiger partial charge < -0.3 is 0 Å². The van der Waals surface area contributed by atoms with Crippen molar-refractivity contribution in [1.82, 2.24) is 21.1 Å². The monoisotopic (exact) mass is 358 g/mol. The van der Waals surface area contributed by atoms with Gasteiger partial charge in [0.25, 0.3) is 0 Å². The summed E-state index contributed by atoms with van der Waals surface area (Å²) in [6.07, 6.45) is 6.80. The number of thioether (sulfide) groups is 1. The zero-order chi connectivity index (χ0) is 16.0. The van der Waals surface area contributed by atoms with Crippen LogP contribution in [0.15, 0.2) is 0 Å². The standard InChI is InChI=1S/C17H31ClN4S/c1-10-7-11(2)22(21-10)16-15-14(8-23-17(15)20-9-19-16)12-3-5-13(18)6-4-12/h10-17,19-21H,3-9H2,1-2H3. The van der Waals surface area contributed by atoms with Gasteiger partial charge in [-0.05, 0) is 63.5 Å². The van der Waals surface area contributed by atoms with E-state index in [1.807, 2.05) is 0 Å². The predicted octanol–water partition coefficient (Wildman–Crippen LogP) is 2.55. The largest absolute Gasteiger partial charge is 0.292 e. The minimum absolute atomic E-state index is 0.427. The van der Waals surface area contributed by atoms with Crippen molar-refractivity contribution in [3.8, 4) is 0 Å². The van der Waals surface area contributed by atoms with E-state index in [2.05, 4.69) is 46.7 Å². The highest BCUT2D eigenvalue weighted by Gasteiger charge is 2.50. The summed E-state index contributed by atoms with van der Waals surface area (Å²) in [5, 5.41) is 11.1. The van der Waals surface area contributed by atoms with E-state index < -0.39 is 0 Å². The number of hydrogen-bond donors (Lipinski definition) is 3. The van der Waals surface area contributed by atoms with Crippen LogP contribution >= 0.6 is 23.4 Å². The minimum Gasteiger partial charge on any atom is -0.292 e. The van der Waals surface area contributed by atoms with Gasteiger partial charge in [0.2, 0.25) is 0 Å². The Hall–Kier alpha value is 0.480. The van der Waals surface area contributed by atoms with E-state index in [1.54, 1.807) is 0 Å². The smallest absolute Gasteiger partial charge is 0.0800 e. The first-order valence-corrected chi connectivity index (χ1v) is 10.9. The normalized spacial score (nSPS) is 51.8. The number of halogens is 1. The second kappa shape index (κ2) is 7.00. The Morgan fingerprint density at radius 2 is 1.87 bits per heavy atom. The third-order valence-electron chi connectivity index (χ3n) is 6.44. The number of rotatable bonds is 2. The number of nitrogens with one attached hydrogen (secondary N) is 3. The molecule has 3 aliphatic heterocycles. The molecule has 6 heteroatoms. The van der Waals surface area contributed by atoms with Crippen molar-refractivity contribution in [3.05, 3.63) is 0 Å². The average molecular weight is 359 g/mol. The molecule has 0 aromatic heterocycles. The fourth-order valence-electron chi connectivity index (χ4n) is 5.31. The molecule has 6 unspecified atom stereocenters. The Bertz CT molecular complexity index is 417. The molecule has 0 amide bonds. The first kappa shape index (κ1) is 16.9. The third-order valence-corrected chi connectivity index (χ3v) is 8.29. The van der Waals surface area contributed by atoms with Gasteiger partial charge in [-0.3, -0.25) is 16.1 Å². The summed E-state index contributed by atoms with van der Waals surface area (Å²) in [7, 11) is 0. The summed E-state index contributed by atoms with van der Waals surface area (Å²) < 4.78 is 0. The van der Waals surface area contributed by atoms with Crippen molar-refractivity contribution in [2.75, 3.05) is 12.4 Å². The number of nitrogens with zero attached hydrogens (tertiary/aromatic N) is 1. The predicted molar refractivity (Wildman–Crippen MR) is 98.3 cm³/mol. The zero-order valence-electron chi connectivity index (χ0n) is 14.3. The van der Waals surface area contributed by atoms with Crippen LogP contribution in [-0.2, 0) is 0 Å². The van der Waals surface area contributed by atoms with Crippen LogP contribution in [0.3, 0.4) is 0 Å². The first-order chi connectivity index (χ1) is 11.1. The van der Waals surface area contributed by atoms with E-state index in [0.29, 0.717) is 34.9 Å². The highest BCUT2D eigenvalue weighted by Crippen LogP contribution is 2.48. The van der Waals surface area contributed by atoms with Crippen LogP contribution in [0, 0.1) is 17.8 Å². The molecular weight excluding hydrogens is 328 g/mol. The second-order valence-corrected chi connectivity index (χ2v) is 9.85. The van der Waals surface area contributed by atoms with Crippen LogP contribution in [0.25, 0.3) is 0 Å². The second-order valence-electron chi connectivity index (χ2n) is 8.06. The van der Waals surface area contributed by atoms with E-state index in [0.717, 1.165) is 18.5 Å². The summed E-state index contributed by atoms with van der Waals surface area (Å²) in [5.74, 6) is 3.71. The SMILES string of the molecule is CC1CC(C)N(C2NCNC3SCC(C4CCC(Cl)CC4)C32)N1. The molecule has 0 radical (unpaired) electrons. The Morgan fingerprint density at radius 1 is 1.09 bits per heavy atom. The van der Waals surface area contributed by atoms with E-state index in [1.165, 1.54) is 37.9 Å². The fraction of sp³-hybridized carbons (Fsp3) is 1.00. The zero-order valence-corrected chi connectivity index (χ0v) is 15.9. The molecule has 23 heavy (non-hydrogen) atoms. The molecule has 4 nitrogen and oxygen atoms in total. The molecular formula is C17H31ClN4S. The fourth-order valence-corrected chi connectivity index (χ4v) is 7.26. The molecule has 3 saturated heterocycles. The van der Waals surface area contributed by atoms with Gasteiger partial charge in [-0.15, -0.1) is 23.4 Å². The lowest BCUT2D eigenvalue weighted by Crippen LogP contribution is -2.66. The van der Waals surface area contributed by atoms with E-state index in [9.17, 15) is 0 Å². The molecule has 3 heterocycles. The lowest BCUT2D eigenvalue weighted by atomic mass is 9.73. The quantitative estimate of drug-likeness (QED) is 0.662. The molecule has 3 N–H and O–H groups in total. The molecule has 0 spiro atoms. The van der Waals surface area contributed by atoms with E-state index >= 15 is 0 Å². The van der Waals surface area contributed by atoms with Gasteiger partial charge in [-0.1, -0.05) is 0 Å². The van der Waals surface area contributed by atoms with Crippen molar-refractivity contribution in [2.45, 2.75) is 75.0 Å². The Labute approximate surface area is 149 Å². The lowest BCUT2D eigenvalue weighted by Gasteiger charge is -2.46. The molecule has 1 aliphatic carbocycles. The van der Waals surface area contributed by atoms with Gasteiger partial charge >= 0.3 is 0 Å². The highest BCUT2D eigenvalue weighted by molar-refractivity contribution is 8.00. The van der Waals surface area contributed by atoms with Gasteiger partial charge in [0.15, 0.2) is 0 Å². The van der Waals surface area contributed by atoms with Crippen LogP contribution in [-0.4, -0.2) is 46.4 Å². The topological polar surface area (TPSA) is 39.3 Å². The van der Waals surface area contributed by atoms with Crippen LogP contribution in [0.1, 0.15) is 46.0 Å². The Kier molecular flexibility index (Phi) is 5.15. The average Bonchev–Trinajstić information content (AvgIpc) is 3.11. The Morgan fingerprint density at radius 3 is 2.57 bits per heavy atom. The van der Waals surface area contributed by atoms with Crippen LogP contribution < -0.4 is 16.1 Å². The summed E-state index contributed by atoms with van der Waals surface area (Å²) in [6.45, 7) is 5.60. The maximum atomic E-state index is 6.35. The van der Waals surface area contributed by atoms with Crippen LogP contribution in [0.4, 0.5) is 0 Å². The summed E-state index contributed by atoms with van der Waals surface area (Å²) >= 11 is 8.50. The van der Waals surface area contributed by atoms with Crippen molar-refractivity contribution in [2.24, 2.45) is 17.8 Å². The van der Waals surface area contributed by atoms with Gasteiger partial charge in [0, 0.05) is 30.0 Å². The minimum atomic E-state index is 0.427. The molecule has 1 saturated carbocycles. The lowest BCUT2D eigenvalue weighted by molar-refractivity contribution is 0.00330. The number of hydrazine groups is 1. The Balaban J connectivity index is 1.51. The van der Waals surface area contributed by atoms with Crippen LogP contribution in [0.2, 0.25) is 0 Å². The summed E-state index contributed by atoms with van der Waals surface area (Å²) in [4.78, 5) is 0. The van der Waals surface area contributed by atoms with Crippen molar-refractivity contribution >= 4 is 23.4 Å². The van der Waals surface area contributed by atoms with Gasteiger partial charge in [0.1, 0.15) is 0 Å². The molecule has 6 atom stereocenters. The highest BCUT2D eigenvalue weighted by atomic mass is 35.5. The van der Waals surface area contributed by atoms with E-state index in [4.69, 9.17) is 11.6 Å². The third kappa shape index (κ3) is 3.30. The molecule has 4 rings (SSSR count). The molecule has 0 aromatic carbocycles. The number of alkyl halides is 1. The molecule has 4 aliphatic rings. The molecule has 0 bridgehead atoms. The maximum absolute atomic E-state index is 6.35. The van der Waals surface area contributed by atoms with Crippen molar-refractivity contribution < 1.29 is 0 Å². The molecule has 0 aromatic rings. The van der Waals surface area contributed by atoms with Crippen molar-refractivity contribution in [3.63, 3.8) is 0 Å². The van der Waals surface area contributed by atoms with E-state index in [-0.39, 0.29) is 0 Å². The van der Waals surface area contributed by atoms with Gasteiger partial charge in [0.05, 0.1) is 11.5 Å². The van der Waals surface area contributed by atoms with Gasteiger partial charge in [-0.25, -0.2) is 5.01 Å². The van der Waals surface area contributed by atoms with Gasteiger partial charge in [-0.2, -0.15) is 0 Å². The number of hydrogen-bond acceptors (Lipinski definition) is 5. The summed E-state index contributed by atoms with van der Waals surface area (Å²) in [6, 6.07) is 1.21. The summed E-state index contributed by atoms with van der Waals surface area (Å²) in [5.41, 5.74) is 3.73.